The molecule has 0 fully saturated rings. The number of benzene rings is 9. The summed E-state index contributed by atoms with van der Waals surface area (Å²) in [5, 5.41) is 9.45. The maximum absolute atomic E-state index is 6.88. The largest absolute Gasteiger partial charge is 0.456 e. The molecule has 1 aliphatic rings. The third-order valence-electron chi connectivity index (χ3n) is 12.7. The van der Waals surface area contributed by atoms with Crippen LogP contribution in [-0.2, 0) is 6.42 Å². The highest BCUT2D eigenvalue weighted by molar-refractivity contribution is 7.26. The summed E-state index contributed by atoms with van der Waals surface area (Å²) in [6.45, 7) is 0. The summed E-state index contributed by atoms with van der Waals surface area (Å²) in [6.07, 6.45) is 1.86. The van der Waals surface area contributed by atoms with Crippen molar-refractivity contribution in [1.82, 2.24) is 15.0 Å². The molecule has 61 heavy (non-hydrogen) atoms. The average Bonchev–Trinajstić information content (AvgIpc) is 3.85. The van der Waals surface area contributed by atoms with Gasteiger partial charge in [0.1, 0.15) is 11.2 Å². The molecule has 0 saturated carbocycles. The topological polar surface area (TPSA) is 51.8 Å². The first-order valence-corrected chi connectivity index (χ1v) is 21.7. The molecule has 5 heteroatoms. The summed E-state index contributed by atoms with van der Waals surface area (Å²) in [6, 6.07) is 65.4. The van der Waals surface area contributed by atoms with Crippen LogP contribution in [0.25, 0.3) is 109 Å². The first-order chi connectivity index (χ1) is 30.2. The molecule has 0 aliphatic heterocycles. The fourth-order valence-electron chi connectivity index (χ4n) is 9.82. The fourth-order valence-corrected chi connectivity index (χ4v) is 11.0. The molecule has 13 rings (SSSR count). The molecule has 0 amide bonds. The van der Waals surface area contributed by atoms with Gasteiger partial charge in [-0.3, -0.25) is 0 Å². The van der Waals surface area contributed by atoms with Crippen molar-refractivity contribution >= 4 is 75.0 Å². The van der Waals surface area contributed by atoms with Gasteiger partial charge >= 0.3 is 0 Å². The number of nitrogens with zero attached hydrogens (tertiary/aromatic N) is 3. The lowest BCUT2D eigenvalue weighted by Gasteiger charge is -2.20. The third kappa shape index (κ3) is 5.54. The lowest BCUT2D eigenvalue weighted by Crippen LogP contribution is -2.05. The van der Waals surface area contributed by atoms with Gasteiger partial charge in [-0.25, -0.2) is 15.0 Å². The van der Waals surface area contributed by atoms with Gasteiger partial charge in [0, 0.05) is 59.1 Å². The molecular weight excluding hydrogens is 763 g/mol. The molecule has 1 aliphatic carbocycles. The smallest absolute Gasteiger partial charge is 0.165 e. The van der Waals surface area contributed by atoms with Gasteiger partial charge in [-0.2, -0.15) is 0 Å². The molecule has 9 aromatic carbocycles. The lowest BCUT2D eigenvalue weighted by atomic mass is 9.84. The van der Waals surface area contributed by atoms with Crippen molar-refractivity contribution in [2.24, 2.45) is 0 Å². The first kappa shape index (κ1) is 34.4. The van der Waals surface area contributed by atoms with Gasteiger partial charge in [-0.1, -0.05) is 140 Å². The second kappa shape index (κ2) is 13.5. The first-order valence-electron chi connectivity index (χ1n) is 20.9. The number of fused-ring (bicyclic) bond motifs is 11. The number of rotatable bonds is 4. The van der Waals surface area contributed by atoms with Gasteiger partial charge in [0.15, 0.2) is 17.5 Å². The van der Waals surface area contributed by atoms with Crippen molar-refractivity contribution in [3.63, 3.8) is 0 Å². The van der Waals surface area contributed by atoms with E-state index in [1.165, 1.54) is 58.6 Å². The van der Waals surface area contributed by atoms with Crippen LogP contribution in [0.3, 0.4) is 0 Å². The molecule has 0 bridgehead atoms. The number of hydrogen-bond donors (Lipinski definition) is 0. The van der Waals surface area contributed by atoms with E-state index in [-0.39, 0.29) is 5.92 Å². The van der Waals surface area contributed by atoms with E-state index in [1.807, 2.05) is 0 Å². The lowest BCUT2D eigenvalue weighted by molar-refractivity contribution is 0.647. The summed E-state index contributed by atoms with van der Waals surface area (Å²) in [5.41, 5.74) is 11.1. The minimum Gasteiger partial charge on any atom is -0.456 e. The molecule has 0 saturated heterocycles. The molecule has 3 aromatic heterocycles. The molecule has 4 nitrogen and oxygen atoms in total. The van der Waals surface area contributed by atoms with Crippen LogP contribution in [0, 0.1) is 0 Å². The quantitative estimate of drug-likeness (QED) is 0.178. The van der Waals surface area contributed by atoms with Gasteiger partial charge in [0.2, 0.25) is 0 Å². The Morgan fingerprint density at radius 2 is 1.11 bits per heavy atom. The van der Waals surface area contributed by atoms with Crippen LogP contribution in [-0.4, -0.2) is 15.0 Å². The van der Waals surface area contributed by atoms with Crippen molar-refractivity contribution in [1.29, 1.82) is 0 Å². The van der Waals surface area contributed by atoms with Crippen molar-refractivity contribution in [2.45, 2.75) is 18.8 Å². The average molecular weight is 798 g/mol. The normalized spacial score (nSPS) is 13.9. The standard InChI is InChI=1S/C56H35N3OS/c1-2-13-34-29-38(25-24-33(34)12-1)54-57-55(59-56(58-54)46-21-11-20-45-44-19-8-10-23-51(44)61-53(45)46)39-31-48(52-49(32-39)43-18-7-9-22-50(43)60-52)42-27-26-37-28-35-14-3-4-15-36(35)30-47(37)41-17-6-5-16-40(41)42/h1-25,28-32,42H,26-27H2/t42-/m1/s1. The van der Waals surface area contributed by atoms with E-state index < -0.39 is 0 Å². The Morgan fingerprint density at radius 3 is 2.00 bits per heavy atom. The molecule has 1 atom stereocenters. The van der Waals surface area contributed by atoms with Crippen LogP contribution in [0.5, 0.6) is 0 Å². The van der Waals surface area contributed by atoms with Crippen LogP contribution in [0.1, 0.15) is 29.0 Å². The minimum absolute atomic E-state index is 0.0586. The molecule has 0 spiro atoms. The molecule has 12 aromatic rings. The number of aryl methyl sites for hydroxylation is 1. The van der Waals surface area contributed by atoms with Gasteiger partial charge in [0.25, 0.3) is 0 Å². The highest BCUT2D eigenvalue weighted by Crippen LogP contribution is 2.47. The van der Waals surface area contributed by atoms with Crippen molar-refractivity contribution in [3.05, 3.63) is 199 Å². The Kier molecular flexibility index (Phi) is 7.63. The predicted octanol–water partition coefficient (Wildman–Crippen LogP) is 15.2. The molecule has 3 heterocycles. The maximum atomic E-state index is 6.88. The monoisotopic (exact) mass is 797 g/mol. The molecule has 286 valence electrons. The zero-order chi connectivity index (χ0) is 40.0. The Balaban J connectivity index is 1.06. The van der Waals surface area contributed by atoms with Gasteiger partial charge in [-0.15, -0.1) is 11.3 Å². The fraction of sp³-hybridized carbons (Fsp3) is 0.0536. The van der Waals surface area contributed by atoms with Crippen LogP contribution >= 0.6 is 11.3 Å². The van der Waals surface area contributed by atoms with E-state index in [0.717, 1.165) is 62.4 Å². The van der Waals surface area contributed by atoms with Gasteiger partial charge < -0.3 is 4.42 Å². The van der Waals surface area contributed by atoms with E-state index in [2.05, 4.69) is 182 Å². The van der Waals surface area contributed by atoms with Crippen molar-refractivity contribution in [3.8, 4) is 45.3 Å². The molecule has 0 N–H and O–H groups in total. The third-order valence-corrected chi connectivity index (χ3v) is 13.9. The van der Waals surface area contributed by atoms with Crippen LogP contribution in [0.2, 0.25) is 0 Å². The minimum atomic E-state index is 0.0586. The molecular formula is C56H35N3OS. The zero-order valence-corrected chi connectivity index (χ0v) is 33.8. The van der Waals surface area contributed by atoms with Gasteiger partial charge in [0.05, 0.1) is 0 Å². The van der Waals surface area contributed by atoms with Crippen LogP contribution in [0.4, 0.5) is 0 Å². The summed E-state index contributed by atoms with van der Waals surface area (Å²) in [5.74, 6) is 2.00. The van der Waals surface area contributed by atoms with Crippen molar-refractivity contribution < 1.29 is 4.42 Å². The van der Waals surface area contributed by atoms with E-state index >= 15 is 0 Å². The van der Waals surface area contributed by atoms with Gasteiger partial charge in [-0.05, 0) is 99.1 Å². The van der Waals surface area contributed by atoms with E-state index in [0.29, 0.717) is 17.5 Å². The number of hydrogen-bond acceptors (Lipinski definition) is 5. The molecule has 0 radical (unpaired) electrons. The van der Waals surface area contributed by atoms with Crippen molar-refractivity contribution in [2.75, 3.05) is 0 Å². The Labute approximate surface area is 355 Å². The summed E-state index contributed by atoms with van der Waals surface area (Å²) in [4.78, 5) is 16.1. The maximum Gasteiger partial charge on any atom is 0.165 e. The molecule has 0 unspecified atom stereocenters. The highest BCUT2D eigenvalue weighted by Gasteiger charge is 2.28. The zero-order valence-electron chi connectivity index (χ0n) is 33.0. The Morgan fingerprint density at radius 1 is 0.443 bits per heavy atom. The number of aromatic nitrogens is 3. The van der Waals surface area contributed by atoms with E-state index in [4.69, 9.17) is 19.4 Å². The van der Waals surface area contributed by atoms with Crippen LogP contribution < -0.4 is 0 Å². The number of furan rings is 1. The Bertz CT molecular complexity index is 3750. The second-order valence-electron chi connectivity index (χ2n) is 16.2. The van der Waals surface area contributed by atoms with E-state index in [1.54, 1.807) is 11.3 Å². The Hall–Kier alpha value is -7.47. The van der Waals surface area contributed by atoms with Crippen LogP contribution in [0.15, 0.2) is 186 Å². The number of para-hydroxylation sites is 1. The summed E-state index contributed by atoms with van der Waals surface area (Å²) in [7, 11) is 0. The highest BCUT2D eigenvalue weighted by atomic mass is 32.1. The van der Waals surface area contributed by atoms with E-state index in [9.17, 15) is 0 Å². The SMILES string of the molecule is c1ccc2c(c1)-c1cc3ccccc3cc1CC[C@H]2c1cc(-c2nc(-c3ccc4ccccc4c3)nc(-c3cccc4c3sc3ccccc34)n2)cc2c1oc1ccccc12. The second-order valence-corrected chi connectivity index (χ2v) is 17.3. The predicted molar refractivity (Wildman–Crippen MR) is 253 cm³/mol. The summed E-state index contributed by atoms with van der Waals surface area (Å²) < 4.78 is 9.29. The summed E-state index contributed by atoms with van der Waals surface area (Å²) >= 11 is 1.79. The number of thiophene rings is 1.